The third-order valence-corrected chi connectivity index (χ3v) is 3.51. The largest absolute Gasteiger partial charge is 0.459 e. The summed E-state index contributed by atoms with van der Waals surface area (Å²) in [5.74, 6) is -0.0157. The Morgan fingerprint density at radius 3 is 3.18 bits per heavy atom. The fourth-order valence-corrected chi connectivity index (χ4v) is 2.39. The Morgan fingerprint density at radius 2 is 2.47 bits per heavy atom. The Labute approximate surface area is 105 Å². The molecule has 0 spiro atoms. The van der Waals surface area contributed by atoms with Gasteiger partial charge in [0.1, 0.15) is 0 Å². The maximum atomic E-state index is 11.3. The second kappa shape index (κ2) is 5.78. The van der Waals surface area contributed by atoms with E-state index in [1.807, 2.05) is 0 Å². The number of hydrogen-bond acceptors (Lipinski definition) is 8. The summed E-state index contributed by atoms with van der Waals surface area (Å²) in [6, 6.07) is 0. The fraction of sp³-hybridized carbons (Fsp3) is 0.333. The predicted molar refractivity (Wildman–Crippen MR) is 61.9 cm³/mol. The first-order chi connectivity index (χ1) is 8.29. The monoisotopic (exact) mass is 271 g/mol. The average molecular weight is 271 g/mol. The van der Waals surface area contributed by atoms with Crippen molar-refractivity contribution < 1.29 is 13.9 Å². The van der Waals surface area contributed by atoms with Crippen LogP contribution in [-0.4, -0.2) is 27.8 Å². The van der Waals surface area contributed by atoms with Crippen molar-refractivity contribution in [3.8, 4) is 0 Å². The van der Waals surface area contributed by atoms with Gasteiger partial charge in [0.15, 0.2) is 0 Å². The highest BCUT2D eigenvalue weighted by molar-refractivity contribution is 7.98. The Balaban J connectivity index is 1.92. The molecule has 0 aliphatic carbocycles. The quantitative estimate of drug-likeness (QED) is 0.607. The number of esters is 1. The van der Waals surface area contributed by atoms with Crippen molar-refractivity contribution in [3.05, 3.63) is 22.5 Å². The van der Waals surface area contributed by atoms with Crippen molar-refractivity contribution in [3.63, 3.8) is 0 Å². The highest BCUT2D eigenvalue weighted by Gasteiger charge is 2.16. The zero-order chi connectivity index (χ0) is 12.1. The second-order valence-corrected chi connectivity index (χ2v) is 4.75. The molecule has 0 aliphatic heterocycles. The summed E-state index contributed by atoms with van der Waals surface area (Å²) in [5.41, 5.74) is 1.76. The molecule has 0 amide bonds. The van der Waals surface area contributed by atoms with Gasteiger partial charge in [0, 0.05) is 16.8 Å². The Bertz CT molecular complexity index is 483. The van der Waals surface area contributed by atoms with Crippen LogP contribution in [0.15, 0.2) is 21.3 Å². The van der Waals surface area contributed by atoms with E-state index in [-0.39, 0.29) is 12.5 Å². The molecule has 2 aromatic heterocycles. The predicted octanol–water partition coefficient (Wildman–Crippen LogP) is 2.00. The number of carbonyl (C=O) groups is 1. The Kier molecular flexibility index (Phi) is 4.10. The normalized spacial score (nSPS) is 10.4. The van der Waals surface area contributed by atoms with Crippen LogP contribution in [-0.2, 0) is 10.5 Å². The van der Waals surface area contributed by atoms with E-state index in [1.54, 1.807) is 30.0 Å². The maximum absolute atomic E-state index is 11.3. The summed E-state index contributed by atoms with van der Waals surface area (Å²) in [5, 5.41) is 7.71. The van der Waals surface area contributed by atoms with E-state index in [0.29, 0.717) is 11.0 Å². The van der Waals surface area contributed by atoms with Crippen molar-refractivity contribution in [2.45, 2.75) is 17.9 Å². The number of nitrogens with zero attached hydrogens (tertiary/aromatic N) is 3. The minimum atomic E-state index is -0.593. The first-order valence-electron chi connectivity index (χ1n) is 4.80. The minimum absolute atomic E-state index is 0.112. The van der Waals surface area contributed by atoms with Gasteiger partial charge in [0.2, 0.25) is 0 Å². The molecule has 17 heavy (non-hydrogen) atoms. The molecule has 2 rings (SSSR count). The van der Waals surface area contributed by atoms with Gasteiger partial charge < -0.3 is 9.15 Å². The summed E-state index contributed by atoms with van der Waals surface area (Å²) < 4.78 is 9.89. The molecule has 2 aromatic rings. The lowest BCUT2D eigenvalue weighted by molar-refractivity contribution is 0.0475. The molecule has 0 saturated carbocycles. The van der Waals surface area contributed by atoms with Crippen LogP contribution >= 0.6 is 23.1 Å². The summed E-state index contributed by atoms with van der Waals surface area (Å²) >= 11 is 2.91. The van der Waals surface area contributed by atoms with Crippen LogP contribution in [0.2, 0.25) is 0 Å². The smallest absolute Gasteiger partial charge is 0.396 e. The molecule has 90 valence electrons. The third kappa shape index (κ3) is 3.27. The van der Waals surface area contributed by atoms with Crippen molar-refractivity contribution in [2.75, 3.05) is 6.61 Å². The molecule has 0 unspecified atom stereocenters. The van der Waals surface area contributed by atoms with Crippen LogP contribution in [0.1, 0.15) is 22.5 Å². The summed E-state index contributed by atoms with van der Waals surface area (Å²) in [7, 11) is 0. The van der Waals surface area contributed by atoms with Crippen molar-refractivity contribution in [2.24, 2.45) is 0 Å². The molecule has 0 N–H and O–H groups in total. The lowest BCUT2D eigenvalue weighted by Gasteiger charge is -1.94. The van der Waals surface area contributed by atoms with E-state index in [4.69, 9.17) is 9.15 Å². The molecule has 0 fully saturated rings. The number of thiazole rings is 1. The highest BCUT2D eigenvalue weighted by Crippen LogP contribution is 2.23. The molecule has 0 aliphatic rings. The van der Waals surface area contributed by atoms with Crippen LogP contribution < -0.4 is 0 Å². The molecule has 8 heteroatoms. The van der Waals surface area contributed by atoms with Crippen molar-refractivity contribution in [1.82, 2.24) is 15.2 Å². The van der Waals surface area contributed by atoms with Gasteiger partial charge >= 0.3 is 11.9 Å². The van der Waals surface area contributed by atoms with E-state index in [0.717, 1.165) is 4.88 Å². The van der Waals surface area contributed by atoms with Crippen LogP contribution in [0, 0.1) is 0 Å². The number of ether oxygens (including phenoxy) is 1. The zero-order valence-electron chi connectivity index (χ0n) is 8.95. The van der Waals surface area contributed by atoms with Crippen LogP contribution in [0.25, 0.3) is 0 Å². The van der Waals surface area contributed by atoms with Gasteiger partial charge in [-0.1, -0.05) is 16.9 Å². The number of carbonyl (C=O) groups excluding carboxylic acids is 1. The number of thioether (sulfide) groups is 1. The van der Waals surface area contributed by atoms with Crippen molar-refractivity contribution >= 4 is 29.1 Å². The zero-order valence-corrected chi connectivity index (χ0v) is 10.6. The molecular weight excluding hydrogens is 262 g/mol. The summed E-state index contributed by atoms with van der Waals surface area (Å²) in [6.45, 7) is 2.00. The first kappa shape index (κ1) is 12.1. The Hall–Kier alpha value is -1.41. The average Bonchev–Trinajstić information content (AvgIpc) is 2.98. The number of hydrogen-bond donors (Lipinski definition) is 0. The topological polar surface area (TPSA) is 78.1 Å². The molecule has 0 saturated heterocycles. The third-order valence-electron chi connectivity index (χ3n) is 1.68. The number of aromatic nitrogens is 3. The van der Waals surface area contributed by atoms with Gasteiger partial charge in [-0.2, -0.15) is 0 Å². The van der Waals surface area contributed by atoms with Gasteiger partial charge in [0.05, 0.1) is 12.1 Å². The molecule has 0 bridgehead atoms. The van der Waals surface area contributed by atoms with E-state index in [2.05, 4.69) is 15.2 Å². The standard InChI is InChI=1S/C9H9N3O3S2/c1-2-14-8(13)7-11-12-9(15-7)16-4-6-3-10-5-17-6/h3,5H,2,4H2,1H3. The molecule has 6 nitrogen and oxygen atoms in total. The van der Waals surface area contributed by atoms with Gasteiger partial charge in [-0.15, -0.1) is 16.4 Å². The van der Waals surface area contributed by atoms with Crippen LogP contribution in [0.4, 0.5) is 0 Å². The highest BCUT2D eigenvalue weighted by atomic mass is 32.2. The van der Waals surface area contributed by atoms with E-state index in [1.165, 1.54) is 11.8 Å². The second-order valence-electron chi connectivity index (χ2n) is 2.85. The van der Waals surface area contributed by atoms with Crippen LogP contribution in [0.3, 0.4) is 0 Å². The van der Waals surface area contributed by atoms with E-state index in [9.17, 15) is 4.79 Å². The lowest BCUT2D eigenvalue weighted by atomic mass is 10.6. The number of rotatable bonds is 5. The van der Waals surface area contributed by atoms with Crippen molar-refractivity contribution in [1.29, 1.82) is 0 Å². The van der Waals surface area contributed by atoms with Gasteiger partial charge in [-0.05, 0) is 6.92 Å². The molecule has 0 aromatic carbocycles. The summed E-state index contributed by atoms with van der Waals surface area (Å²) in [6.07, 6.45) is 1.78. The minimum Gasteiger partial charge on any atom is -0.459 e. The first-order valence-corrected chi connectivity index (χ1v) is 6.67. The SMILES string of the molecule is CCOC(=O)c1nnc(SCc2cncs2)o1. The molecular formula is C9H9N3O3S2. The van der Waals surface area contributed by atoms with Gasteiger partial charge in [0.25, 0.3) is 5.22 Å². The van der Waals surface area contributed by atoms with Crippen LogP contribution in [0.5, 0.6) is 0 Å². The van der Waals surface area contributed by atoms with Gasteiger partial charge in [-0.25, -0.2) is 4.79 Å². The summed E-state index contributed by atoms with van der Waals surface area (Å²) in [4.78, 5) is 16.3. The molecule has 0 atom stereocenters. The molecule has 0 radical (unpaired) electrons. The maximum Gasteiger partial charge on any atom is 0.396 e. The van der Waals surface area contributed by atoms with E-state index < -0.39 is 5.97 Å². The lowest BCUT2D eigenvalue weighted by Crippen LogP contribution is -2.04. The Morgan fingerprint density at radius 1 is 1.59 bits per heavy atom. The molecule has 2 heterocycles. The fourth-order valence-electron chi connectivity index (χ4n) is 0.990. The van der Waals surface area contributed by atoms with Gasteiger partial charge in [-0.3, -0.25) is 4.98 Å². The van der Waals surface area contributed by atoms with E-state index >= 15 is 0 Å².